The summed E-state index contributed by atoms with van der Waals surface area (Å²) in [5.74, 6) is 1.04. The van der Waals surface area contributed by atoms with E-state index in [0.717, 1.165) is 34.9 Å². The number of ether oxygens (including phenoxy) is 2. The molecule has 5 nitrogen and oxygen atoms in total. The summed E-state index contributed by atoms with van der Waals surface area (Å²) < 4.78 is 11.3. The van der Waals surface area contributed by atoms with E-state index in [4.69, 9.17) is 21.1 Å². The van der Waals surface area contributed by atoms with Gasteiger partial charge in [0.2, 0.25) is 0 Å². The standard InChI is InChI=1S/C23H25ClN2O3S/c24-19-9-5-4-8-18(19)20(26-10-12-28-13-11-26)16-25-23(27)21-22(30-15-14-29-21)17-6-2-1-3-7-17/h1-9,20H,10-16H2,(H,25,27)/t20-/m1/s1. The number of carbonyl (C=O) groups excluding carboxylic acids is 1. The smallest absolute Gasteiger partial charge is 0.287 e. The van der Waals surface area contributed by atoms with E-state index in [1.54, 1.807) is 11.8 Å². The first-order valence-corrected chi connectivity index (χ1v) is 11.5. The van der Waals surface area contributed by atoms with Gasteiger partial charge in [-0.15, -0.1) is 11.8 Å². The normalized spacial score (nSPS) is 18.6. The van der Waals surface area contributed by atoms with Crippen LogP contribution in [0.3, 0.4) is 0 Å². The number of amides is 1. The van der Waals surface area contributed by atoms with Crippen molar-refractivity contribution in [3.05, 3.63) is 76.5 Å². The number of hydrogen-bond donors (Lipinski definition) is 1. The fourth-order valence-electron chi connectivity index (χ4n) is 3.73. The first-order chi connectivity index (χ1) is 14.7. The maximum absolute atomic E-state index is 13.1. The van der Waals surface area contributed by atoms with Crippen LogP contribution in [0, 0.1) is 0 Å². The molecule has 0 unspecified atom stereocenters. The van der Waals surface area contributed by atoms with Crippen molar-refractivity contribution in [2.75, 3.05) is 45.2 Å². The highest BCUT2D eigenvalue weighted by Gasteiger charge is 2.27. The van der Waals surface area contributed by atoms with Crippen molar-refractivity contribution in [1.82, 2.24) is 10.2 Å². The second-order valence-corrected chi connectivity index (χ2v) is 8.63. The molecule has 0 saturated carbocycles. The lowest BCUT2D eigenvalue weighted by Crippen LogP contribution is -2.44. The summed E-state index contributed by atoms with van der Waals surface area (Å²) in [7, 11) is 0. The number of hydrogen-bond acceptors (Lipinski definition) is 5. The maximum Gasteiger partial charge on any atom is 0.287 e. The topological polar surface area (TPSA) is 50.8 Å². The van der Waals surface area contributed by atoms with Gasteiger partial charge in [0.1, 0.15) is 0 Å². The molecule has 1 atom stereocenters. The molecule has 7 heteroatoms. The van der Waals surface area contributed by atoms with E-state index in [0.29, 0.717) is 37.1 Å². The summed E-state index contributed by atoms with van der Waals surface area (Å²) in [4.78, 5) is 16.3. The van der Waals surface area contributed by atoms with Crippen LogP contribution < -0.4 is 5.32 Å². The van der Waals surface area contributed by atoms with E-state index in [2.05, 4.69) is 10.2 Å². The molecule has 0 radical (unpaired) electrons. The highest BCUT2D eigenvalue weighted by Crippen LogP contribution is 2.35. The van der Waals surface area contributed by atoms with Crippen molar-refractivity contribution in [3.63, 3.8) is 0 Å². The Morgan fingerprint density at radius 2 is 1.80 bits per heavy atom. The van der Waals surface area contributed by atoms with E-state index in [1.807, 2.05) is 54.6 Å². The Hall–Kier alpha value is -1.99. The Morgan fingerprint density at radius 3 is 2.57 bits per heavy atom. The summed E-state index contributed by atoms with van der Waals surface area (Å²) in [6.45, 7) is 3.94. The van der Waals surface area contributed by atoms with Gasteiger partial charge in [0.05, 0.1) is 30.8 Å². The van der Waals surface area contributed by atoms with Crippen LogP contribution in [0.5, 0.6) is 0 Å². The van der Waals surface area contributed by atoms with Crippen LogP contribution in [0.2, 0.25) is 5.02 Å². The Kier molecular flexibility index (Phi) is 7.33. The van der Waals surface area contributed by atoms with E-state index >= 15 is 0 Å². The first kappa shape index (κ1) is 21.2. The molecule has 1 N–H and O–H groups in total. The van der Waals surface area contributed by atoms with Crippen molar-refractivity contribution < 1.29 is 14.3 Å². The van der Waals surface area contributed by atoms with Gasteiger partial charge in [-0.25, -0.2) is 0 Å². The first-order valence-electron chi connectivity index (χ1n) is 10.1. The van der Waals surface area contributed by atoms with Gasteiger partial charge in [-0.3, -0.25) is 9.69 Å². The molecule has 2 aliphatic rings. The molecular weight excluding hydrogens is 420 g/mol. The van der Waals surface area contributed by atoms with Gasteiger partial charge in [-0.2, -0.15) is 0 Å². The molecule has 0 aromatic heterocycles. The van der Waals surface area contributed by atoms with Gasteiger partial charge < -0.3 is 14.8 Å². The third kappa shape index (κ3) is 5.01. The van der Waals surface area contributed by atoms with E-state index in [-0.39, 0.29) is 11.9 Å². The number of nitrogens with zero attached hydrogens (tertiary/aromatic N) is 1. The fourth-order valence-corrected chi connectivity index (χ4v) is 4.95. The molecule has 4 rings (SSSR count). The minimum Gasteiger partial charge on any atom is -0.486 e. The van der Waals surface area contributed by atoms with Crippen LogP contribution in [0.15, 0.2) is 60.4 Å². The number of benzene rings is 2. The van der Waals surface area contributed by atoms with Crippen molar-refractivity contribution in [1.29, 1.82) is 0 Å². The Balaban J connectivity index is 1.54. The molecule has 1 saturated heterocycles. The lowest BCUT2D eigenvalue weighted by Gasteiger charge is -2.35. The Labute approximate surface area is 186 Å². The van der Waals surface area contributed by atoms with E-state index in [1.165, 1.54) is 0 Å². The van der Waals surface area contributed by atoms with Crippen LogP contribution in [-0.4, -0.2) is 56.0 Å². The van der Waals surface area contributed by atoms with Crippen molar-refractivity contribution in [3.8, 4) is 0 Å². The van der Waals surface area contributed by atoms with Crippen molar-refractivity contribution in [2.45, 2.75) is 6.04 Å². The Bertz CT molecular complexity index is 900. The highest BCUT2D eigenvalue weighted by atomic mass is 35.5. The average molecular weight is 445 g/mol. The SMILES string of the molecule is O=C(NC[C@H](c1ccccc1Cl)N1CCOCC1)C1=C(c2ccccc2)SCCO1. The molecule has 1 amide bonds. The Morgan fingerprint density at radius 1 is 1.07 bits per heavy atom. The number of nitrogens with one attached hydrogen (secondary N) is 1. The minimum absolute atomic E-state index is 0.0245. The lowest BCUT2D eigenvalue weighted by atomic mass is 10.0. The fraction of sp³-hybridized carbons (Fsp3) is 0.348. The summed E-state index contributed by atoms with van der Waals surface area (Å²) in [5.41, 5.74) is 2.01. The number of rotatable bonds is 6. The van der Waals surface area contributed by atoms with Crippen LogP contribution in [-0.2, 0) is 14.3 Å². The highest BCUT2D eigenvalue weighted by molar-refractivity contribution is 8.08. The third-order valence-corrected chi connectivity index (χ3v) is 6.66. The summed E-state index contributed by atoms with van der Waals surface area (Å²) >= 11 is 8.16. The number of carbonyl (C=O) groups is 1. The van der Waals surface area contributed by atoms with Gasteiger partial charge >= 0.3 is 0 Å². The molecule has 158 valence electrons. The molecule has 2 aromatic rings. The van der Waals surface area contributed by atoms with Crippen molar-refractivity contribution >= 4 is 34.2 Å². The molecule has 2 aliphatic heterocycles. The van der Waals surface area contributed by atoms with Crippen LogP contribution in [0.1, 0.15) is 17.2 Å². The molecule has 0 spiro atoms. The van der Waals surface area contributed by atoms with Crippen LogP contribution in [0.25, 0.3) is 4.91 Å². The van der Waals surface area contributed by atoms with Crippen LogP contribution >= 0.6 is 23.4 Å². The maximum atomic E-state index is 13.1. The predicted octanol–water partition coefficient (Wildman–Crippen LogP) is 3.96. The average Bonchev–Trinajstić information content (AvgIpc) is 2.81. The number of halogens is 1. The number of thioether (sulfide) groups is 1. The third-order valence-electron chi connectivity index (χ3n) is 5.23. The summed E-state index contributed by atoms with van der Waals surface area (Å²) in [6, 6.07) is 17.7. The molecule has 0 bridgehead atoms. The zero-order chi connectivity index (χ0) is 20.8. The zero-order valence-electron chi connectivity index (χ0n) is 16.7. The summed E-state index contributed by atoms with van der Waals surface area (Å²) in [5, 5.41) is 3.80. The van der Waals surface area contributed by atoms with Gasteiger partial charge in [0, 0.05) is 30.4 Å². The van der Waals surface area contributed by atoms with Crippen molar-refractivity contribution in [2.24, 2.45) is 0 Å². The van der Waals surface area contributed by atoms with E-state index < -0.39 is 0 Å². The molecule has 2 heterocycles. The quantitative estimate of drug-likeness (QED) is 0.730. The van der Waals surface area contributed by atoms with Gasteiger partial charge in [-0.05, 0) is 17.2 Å². The van der Waals surface area contributed by atoms with E-state index in [9.17, 15) is 4.79 Å². The largest absolute Gasteiger partial charge is 0.486 e. The molecule has 2 aromatic carbocycles. The monoisotopic (exact) mass is 444 g/mol. The van der Waals surface area contributed by atoms with Gasteiger partial charge in [0.25, 0.3) is 5.91 Å². The van der Waals surface area contributed by atoms with Gasteiger partial charge in [-0.1, -0.05) is 60.1 Å². The molecular formula is C23H25ClN2O3S. The van der Waals surface area contributed by atoms with Gasteiger partial charge in [0.15, 0.2) is 5.76 Å². The van der Waals surface area contributed by atoms with Crippen LogP contribution in [0.4, 0.5) is 0 Å². The zero-order valence-corrected chi connectivity index (χ0v) is 18.3. The second-order valence-electron chi connectivity index (χ2n) is 7.12. The predicted molar refractivity (Wildman–Crippen MR) is 121 cm³/mol. The molecule has 0 aliphatic carbocycles. The summed E-state index contributed by atoms with van der Waals surface area (Å²) in [6.07, 6.45) is 0. The molecule has 30 heavy (non-hydrogen) atoms. The lowest BCUT2D eigenvalue weighted by molar-refractivity contribution is -0.121. The minimum atomic E-state index is -0.189. The number of morpholine rings is 1. The molecule has 1 fully saturated rings. The second kappa shape index (κ2) is 10.4.